The number of hydrogen-bond acceptors (Lipinski definition) is 4. The van der Waals surface area contributed by atoms with Crippen LogP contribution in [-0.4, -0.2) is 8.42 Å². The number of anilines is 1. The summed E-state index contributed by atoms with van der Waals surface area (Å²) >= 11 is 1.63. The normalized spacial score (nSPS) is 11.7. The smallest absolute Gasteiger partial charge is 0.241 e. The van der Waals surface area contributed by atoms with Crippen molar-refractivity contribution in [3.63, 3.8) is 0 Å². The zero-order valence-corrected chi connectivity index (χ0v) is 13.9. The van der Waals surface area contributed by atoms with Crippen LogP contribution in [0.15, 0.2) is 35.2 Å². The Hall–Kier alpha value is -1.37. The van der Waals surface area contributed by atoms with Crippen LogP contribution in [0.2, 0.25) is 0 Å². The van der Waals surface area contributed by atoms with Crippen LogP contribution in [0.3, 0.4) is 0 Å². The van der Waals surface area contributed by atoms with Gasteiger partial charge >= 0.3 is 0 Å². The van der Waals surface area contributed by atoms with Gasteiger partial charge in [-0.25, -0.2) is 13.1 Å². The second kappa shape index (κ2) is 6.60. The molecule has 2 aromatic rings. The minimum absolute atomic E-state index is 0.275. The molecule has 0 aliphatic heterocycles. The van der Waals surface area contributed by atoms with E-state index in [2.05, 4.69) is 11.6 Å². The maximum absolute atomic E-state index is 12.5. The summed E-state index contributed by atoms with van der Waals surface area (Å²) in [4.78, 5) is 2.54. The van der Waals surface area contributed by atoms with E-state index in [1.807, 2.05) is 19.1 Å². The summed E-state index contributed by atoms with van der Waals surface area (Å²) in [5.41, 5.74) is 6.95. The van der Waals surface area contributed by atoms with Crippen LogP contribution in [0.4, 0.5) is 5.69 Å². The van der Waals surface area contributed by atoms with Crippen LogP contribution in [0.25, 0.3) is 0 Å². The number of rotatable bonds is 6. The van der Waals surface area contributed by atoms with E-state index in [0.717, 1.165) is 16.9 Å². The SMILES string of the molecule is CCc1ccc(CNS(=O)(=O)c2cc(N)ccc2CC)s1. The highest BCUT2D eigenvalue weighted by atomic mass is 32.2. The van der Waals surface area contributed by atoms with Gasteiger partial charge in [0.15, 0.2) is 0 Å². The number of nitrogens with one attached hydrogen (secondary N) is 1. The van der Waals surface area contributed by atoms with E-state index in [4.69, 9.17) is 5.73 Å². The number of thiophene rings is 1. The van der Waals surface area contributed by atoms with E-state index in [0.29, 0.717) is 18.7 Å². The van der Waals surface area contributed by atoms with Gasteiger partial charge in [0.25, 0.3) is 0 Å². The summed E-state index contributed by atoms with van der Waals surface area (Å²) in [6, 6.07) is 9.01. The van der Waals surface area contributed by atoms with Crippen molar-refractivity contribution in [2.24, 2.45) is 0 Å². The minimum atomic E-state index is -3.54. The van der Waals surface area contributed by atoms with Crippen molar-refractivity contribution in [1.29, 1.82) is 0 Å². The van der Waals surface area contributed by atoms with Crippen LogP contribution in [0.1, 0.15) is 29.2 Å². The summed E-state index contributed by atoms with van der Waals surface area (Å²) in [5, 5.41) is 0. The third-order valence-corrected chi connectivity index (χ3v) is 5.98. The number of nitrogens with two attached hydrogens (primary N) is 1. The molecule has 0 radical (unpaired) electrons. The maximum Gasteiger partial charge on any atom is 0.241 e. The van der Waals surface area contributed by atoms with Crippen molar-refractivity contribution >= 4 is 27.0 Å². The molecule has 1 heterocycles. The molecule has 0 unspecified atom stereocenters. The van der Waals surface area contributed by atoms with Gasteiger partial charge in [0.05, 0.1) is 4.90 Å². The molecule has 1 aromatic carbocycles. The molecule has 2 rings (SSSR count). The fourth-order valence-electron chi connectivity index (χ4n) is 2.06. The lowest BCUT2D eigenvalue weighted by atomic mass is 10.1. The van der Waals surface area contributed by atoms with Gasteiger partial charge in [-0.05, 0) is 42.7 Å². The van der Waals surface area contributed by atoms with Crippen molar-refractivity contribution in [3.05, 3.63) is 45.6 Å². The first kappa shape index (κ1) is 16.0. The van der Waals surface area contributed by atoms with Crippen molar-refractivity contribution in [3.8, 4) is 0 Å². The predicted octanol–water partition coefficient (Wildman–Crippen LogP) is 2.93. The molecule has 0 saturated carbocycles. The predicted molar refractivity (Wildman–Crippen MR) is 88.0 cm³/mol. The number of aryl methyl sites for hydroxylation is 2. The fraction of sp³-hybridized carbons (Fsp3) is 0.333. The van der Waals surface area contributed by atoms with Crippen molar-refractivity contribution in [1.82, 2.24) is 4.72 Å². The standard InChI is InChI=1S/C15H20N2O2S2/c1-3-11-5-6-12(16)9-15(11)21(18,19)17-10-14-8-7-13(4-2)20-14/h5-9,17H,3-4,10,16H2,1-2H3. The average molecular weight is 324 g/mol. The van der Waals surface area contributed by atoms with Crippen molar-refractivity contribution in [2.75, 3.05) is 5.73 Å². The Kier molecular flexibility index (Phi) is 5.03. The first-order valence-corrected chi connectivity index (χ1v) is 9.22. The van der Waals surface area contributed by atoms with E-state index < -0.39 is 10.0 Å². The molecule has 21 heavy (non-hydrogen) atoms. The molecule has 4 nitrogen and oxygen atoms in total. The molecule has 114 valence electrons. The molecule has 6 heteroatoms. The lowest BCUT2D eigenvalue weighted by Gasteiger charge is -2.11. The Morgan fingerprint density at radius 1 is 1.10 bits per heavy atom. The van der Waals surface area contributed by atoms with E-state index in [-0.39, 0.29) is 4.90 Å². The molecule has 0 bridgehead atoms. The van der Waals surface area contributed by atoms with Crippen LogP contribution in [0, 0.1) is 0 Å². The summed E-state index contributed by atoms with van der Waals surface area (Å²) < 4.78 is 27.6. The van der Waals surface area contributed by atoms with Gasteiger partial charge in [-0.15, -0.1) is 11.3 Å². The van der Waals surface area contributed by atoms with Gasteiger partial charge in [0, 0.05) is 22.0 Å². The van der Waals surface area contributed by atoms with E-state index >= 15 is 0 Å². The Balaban J connectivity index is 2.20. The van der Waals surface area contributed by atoms with Gasteiger partial charge in [-0.2, -0.15) is 0 Å². The Labute approximate surface area is 130 Å². The first-order chi connectivity index (χ1) is 9.96. The quantitative estimate of drug-likeness (QED) is 0.803. The molecule has 0 amide bonds. The average Bonchev–Trinajstić information content (AvgIpc) is 2.93. The Morgan fingerprint density at radius 3 is 2.43 bits per heavy atom. The molecule has 1 aromatic heterocycles. The molecule has 0 spiro atoms. The highest BCUT2D eigenvalue weighted by Crippen LogP contribution is 2.21. The summed E-state index contributed by atoms with van der Waals surface area (Å²) in [5.74, 6) is 0. The zero-order valence-electron chi connectivity index (χ0n) is 12.2. The molecule has 0 saturated heterocycles. The van der Waals surface area contributed by atoms with E-state index in [1.165, 1.54) is 10.9 Å². The lowest BCUT2D eigenvalue weighted by Crippen LogP contribution is -2.24. The third-order valence-electron chi connectivity index (χ3n) is 3.26. The summed E-state index contributed by atoms with van der Waals surface area (Å²) in [7, 11) is -3.54. The highest BCUT2D eigenvalue weighted by Gasteiger charge is 2.18. The Morgan fingerprint density at radius 2 is 1.81 bits per heavy atom. The van der Waals surface area contributed by atoms with Gasteiger partial charge in [0.1, 0.15) is 0 Å². The fourth-order valence-corrected chi connectivity index (χ4v) is 4.40. The second-order valence-electron chi connectivity index (χ2n) is 4.77. The molecule has 0 aliphatic rings. The number of benzene rings is 1. The van der Waals surface area contributed by atoms with Crippen molar-refractivity contribution < 1.29 is 8.42 Å². The minimum Gasteiger partial charge on any atom is -0.399 e. The maximum atomic E-state index is 12.5. The van der Waals surface area contributed by atoms with Crippen LogP contribution < -0.4 is 10.5 Å². The molecule has 3 N–H and O–H groups in total. The van der Waals surface area contributed by atoms with Crippen molar-refractivity contribution in [2.45, 2.75) is 38.1 Å². The van der Waals surface area contributed by atoms with E-state index in [9.17, 15) is 8.42 Å². The molecule has 0 fully saturated rings. The topological polar surface area (TPSA) is 72.2 Å². The molecular weight excluding hydrogens is 304 g/mol. The summed E-state index contributed by atoms with van der Waals surface area (Å²) in [6.45, 7) is 4.32. The van der Waals surface area contributed by atoms with Crippen LogP contribution >= 0.6 is 11.3 Å². The largest absolute Gasteiger partial charge is 0.399 e. The Bertz CT molecular complexity index is 721. The highest BCUT2D eigenvalue weighted by molar-refractivity contribution is 7.89. The van der Waals surface area contributed by atoms with Gasteiger partial charge < -0.3 is 5.73 Å². The molecule has 0 aliphatic carbocycles. The van der Waals surface area contributed by atoms with Gasteiger partial charge in [0.2, 0.25) is 10.0 Å². The monoisotopic (exact) mass is 324 g/mol. The number of hydrogen-bond donors (Lipinski definition) is 2. The van der Waals surface area contributed by atoms with E-state index in [1.54, 1.807) is 23.5 Å². The zero-order chi connectivity index (χ0) is 15.5. The summed E-state index contributed by atoms with van der Waals surface area (Å²) in [6.07, 6.45) is 1.61. The van der Waals surface area contributed by atoms with Gasteiger partial charge in [-0.1, -0.05) is 19.9 Å². The lowest BCUT2D eigenvalue weighted by molar-refractivity contribution is 0.580. The van der Waals surface area contributed by atoms with Gasteiger partial charge in [-0.3, -0.25) is 0 Å². The molecule has 0 atom stereocenters. The first-order valence-electron chi connectivity index (χ1n) is 6.92. The van der Waals surface area contributed by atoms with Crippen LogP contribution in [0.5, 0.6) is 0 Å². The number of nitrogen functional groups attached to an aromatic ring is 1. The third kappa shape index (κ3) is 3.84. The van der Waals surface area contributed by atoms with Crippen LogP contribution in [-0.2, 0) is 29.4 Å². The molecular formula is C15H20N2O2S2. The number of sulfonamides is 1. The second-order valence-corrected chi connectivity index (χ2v) is 7.76.